The minimum atomic E-state index is -0.547. The van der Waals surface area contributed by atoms with Crippen LogP contribution in [0.5, 0.6) is 0 Å². The van der Waals surface area contributed by atoms with Crippen LogP contribution in [0.1, 0.15) is 90.4 Å². The van der Waals surface area contributed by atoms with Crippen LogP contribution in [-0.2, 0) is 24.0 Å². The van der Waals surface area contributed by atoms with Gasteiger partial charge >= 0.3 is 0 Å². The number of nitrogens with zero attached hydrogens (tertiary/aromatic N) is 3. The van der Waals surface area contributed by atoms with E-state index in [1.807, 2.05) is 0 Å². The lowest BCUT2D eigenvalue weighted by atomic mass is 10.2. The molecule has 0 heterocycles. The van der Waals surface area contributed by atoms with Gasteiger partial charge < -0.3 is 10.6 Å². The second kappa shape index (κ2) is 22.2. The monoisotopic (exact) mass is 544 g/mol. The van der Waals surface area contributed by atoms with Crippen LogP contribution >= 0.6 is 0 Å². The van der Waals surface area contributed by atoms with Crippen molar-refractivity contribution in [3.8, 4) is 0 Å². The van der Waals surface area contributed by atoms with Crippen LogP contribution in [0.15, 0.2) is 0 Å². The highest BCUT2D eigenvalue weighted by Crippen LogP contribution is 2.03. The average Bonchev–Trinajstić information content (AvgIpc) is 2.89. The number of hydroxylamine groups is 6. The zero-order valence-corrected chi connectivity index (χ0v) is 22.7. The Labute approximate surface area is 225 Å². The van der Waals surface area contributed by atoms with Gasteiger partial charge in [-0.3, -0.25) is 39.6 Å². The van der Waals surface area contributed by atoms with E-state index >= 15 is 0 Å². The second-order valence-corrected chi connectivity index (χ2v) is 9.06. The summed E-state index contributed by atoms with van der Waals surface area (Å²) in [4.78, 5) is 58.3. The van der Waals surface area contributed by atoms with E-state index in [1.165, 1.54) is 6.92 Å². The molecule has 1 radical (unpaired) electrons. The van der Waals surface area contributed by atoms with Gasteiger partial charge in [-0.15, -0.1) is 0 Å². The lowest BCUT2D eigenvalue weighted by Crippen LogP contribution is -2.31. The predicted octanol–water partition coefficient (Wildman–Crippen LogP) is 1.80. The maximum atomic E-state index is 12.0. The van der Waals surface area contributed by atoms with Gasteiger partial charge in [0.1, 0.15) is 0 Å². The molecule has 0 aromatic carbocycles. The van der Waals surface area contributed by atoms with Crippen LogP contribution < -0.4 is 10.6 Å². The Balaban J connectivity index is 3.75. The van der Waals surface area contributed by atoms with Gasteiger partial charge in [-0.1, -0.05) is 19.8 Å². The van der Waals surface area contributed by atoms with E-state index in [2.05, 4.69) is 17.6 Å². The molecule has 13 heteroatoms. The molecule has 0 fully saturated rings. The molecular weight excluding hydrogens is 498 g/mol. The molecule has 0 spiro atoms. The van der Waals surface area contributed by atoms with E-state index in [9.17, 15) is 39.6 Å². The summed E-state index contributed by atoms with van der Waals surface area (Å²) in [5, 5.41) is 36.0. The highest BCUT2D eigenvalue weighted by atomic mass is 16.5. The van der Waals surface area contributed by atoms with Gasteiger partial charge in [0.25, 0.3) is 0 Å². The van der Waals surface area contributed by atoms with Crippen LogP contribution in [0.3, 0.4) is 0 Å². The van der Waals surface area contributed by atoms with Gasteiger partial charge in [-0.2, -0.15) is 0 Å². The first-order chi connectivity index (χ1) is 18.1. The van der Waals surface area contributed by atoms with Crippen LogP contribution in [0.2, 0.25) is 0 Å². The van der Waals surface area contributed by atoms with Gasteiger partial charge in [-0.05, 0) is 44.9 Å². The fourth-order valence-corrected chi connectivity index (χ4v) is 3.30. The smallest absolute Gasteiger partial charge is 0.246 e. The summed E-state index contributed by atoms with van der Waals surface area (Å²) in [5.74, 6) is -2.04. The highest BCUT2D eigenvalue weighted by molar-refractivity contribution is 5.83. The van der Waals surface area contributed by atoms with Crippen LogP contribution in [0.25, 0.3) is 0 Å². The largest absolute Gasteiger partial charge is 0.356 e. The van der Waals surface area contributed by atoms with Gasteiger partial charge in [0.2, 0.25) is 29.5 Å². The standard InChI is InChI=1S/C25H46N5O8/c1-3-4-9-19-29(37)24(34)14-12-22(32)27-17-8-6-11-20-30(38)25(35)15-13-23(33)26-16-7-5-10-18-28(36)21(2)31/h36-38H,1,3-20H2,2H3,(H,26,33)(H,27,32). The number of carbonyl (C=O) groups excluding carboxylic acids is 5. The molecule has 0 unspecified atom stereocenters. The molecule has 5 amide bonds. The van der Waals surface area contributed by atoms with Gasteiger partial charge in [-0.25, -0.2) is 15.2 Å². The van der Waals surface area contributed by atoms with Crippen molar-refractivity contribution < 1.29 is 39.6 Å². The lowest BCUT2D eigenvalue weighted by Gasteiger charge is -2.15. The van der Waals surface area contributed by atoms with Crippen molar-refractivity contribution in [1.29, 1.82) is 0 Å². The summed E-state index contributed by atoms with van der Waals surface area (Å²) in [5.41, 5.74) is 0. The Kier molecular flexibility index (Phi) is 20.6. The normalized spacial score (nSPS) is 10.6. The van der Waals surface area contributed by atoms with Crippen LogP contribution in [-0.4, -0.2) is 93.1 Å². The maximum absolute atomic E-state index is 12.0. The van der Waals surface area contributed by atoms with E-state index in [4.69, 9.17) is 0 Å². The molecule has 5 N–H and O–H groups in total. The second-order valence-electron chi connectivity index (χ2n) is 9.06. The SMILES string of the molecule is [CH2]CCCCN(O)C(=O)CCC(=O)NCCCCCN(O)C(=O)CCC(=O)NCCCCCN(O)C(C)=O. The third kappa shape index (κ3) is 19.4. The van der Waals surface area contributed by atoms with Crippen molar-refractivity contribution in [1.82, 2.24) is 25.8 Å². The number of rotatable bonds is 22. The minimum absolute atomic E-state index is 0.0126. The third-order valence-corrected chi connectivity index (χ3v) is 5.68. The lowest BCUT2D eigenvalue weighted by molar-refractivity contribution is -0.166. The molecule has 0 aliphatic carbocycles. The van der Waals surface area contributed by atoms with Crippen molar-refractivity contribution in [3.05, 3.63) is 6.92 Å². The number of hydrogen-bond acceptors (Lipinski definition) is 8. The van der Waals surface area contributed by atoms with E-state index < -0.39 is 17.7 Å². The number of amides is 5. The fraction of sp³-hybridized carbons (Fsp3) is 0.760. The molecule has 38 heavy (non-hydrogen) atoms. The first-order valence-electron chi connectivity index (χ1n) is 13.4. The van der Waals surface area contributed by atoms with Crippen LogP contribution in [0, 0.1) is 6.92 Å². The van der Waals surface area contributed by atoms with Crippen molar-refractivity contribution in [2.45, 2.75) is 90.4 Å². The van der Waals surface area contributed by atoms with Crippen molar-refractivity contribution >= 4 is 29.5 Å². The summed E-state index contributed by atoms with van der Waals surface area (Å²) in [6.07, 6.45) is 5.77. The molecule has 0 aliphatic heterocycles. The Hall–Kier alpha value is -2.77. The van der Waals surface area contributed by atoms with Crippen molar-refractivity contribution in [3.63, 3.8) is 0 Å². The zero-order chi connectivity index (χ0) is 28.8. The van der Waals surface area contributed by atoms with E-state index in [0.717, 1.165) is 19.3 Å². The van der Waals surface area contributed by atoms with Crippen molar-refractivity contribution in [2.24, 2.45) is 0 Å². The van der Waals surface area contributed by atoms with Gasteiger partial charge in [0.05, 0.1) is 0 Å². The molecule has 0 rings (SSSR count). The molecule has 13 nitrogen and oxygen atoms in total. The molecule has 0 aliphatic rings. The molecular formula is C25H46N5O8. The van der Waals surface area contributed by atoms with Gasteiger partial charge in [0.15, 0.2) is 0 Å². The number of carbonyl (C=O) groups is 5. The minimum Gasteiger partial charge on any atom is -0.356 e. The summed E-state index contributed by atoms with van der Waals surface area (Å²) in [6.45, 7) is 6.36. The van der Waals surface area contributed by atoms with Crippen LogP contribution in [0.4, 0.5) is 0 Å². The molecule has 0 atom stereocenters. The fourth-order valence-electron chi connectivity index (χ4n) is 3.30. The summed E-state index contributed by atoms with van der Waals surface area (Å²) >= 11 is 0. The molecule has 0 aromatic heterocycles. The number of hydrogen-bond donors (Lipinski definition) is 5. The molecule has 0 saturated heterocycles. The Morgan fingerprint density at radius 3 is 1.37 bits per heavy atom. The molecule has 219 valence electrons. The summed E-state index contributed by atoms with van der Waals surface area (Å²) < 4.78 is 0. The Bertz CT molecular complexity index is 722. The summed E-state index contributed by atoms with van der Waals surface area (Å²) in [7, 11) is 0. The first-order valence-corrected chi connectivity index (χ1v) is 13.4. The number of unbranched alkanes of at least 4 members (excludes halogenated alkanes) is 6. The summed E-state index contributed by atoms with van der Waals surface area (Å²) in [6, 6.07) is 0. The predicted molar refractivity (Wildman–Crippen MR) is 138 cm³/mol. The molecule has 0 bridgehead atoms. The third-order valence-electron chi connectivity index (χ3n) is 5.68. The molecule has 0 saturated carbocycles. The highest BCUT2D eigenvalue weighted by Gasteiger charge is 2.14. The number of nitrogens with one attached hydrogen (secondary N) is 2. The Morgan fingerprint density at radius 2 is 0.974 bits per heavy atom. The quantitative estimate of drug-likeness (QED) is 0.0777. The molecule has 0 aromatic rings. The van der Waals surface area contributed by atoms with Crippen molar-refractivity contribution in [2.75, 3.05) is 32.7 Å². The zero-order valence-electron chi connectivity index (χ0n) is 22.7. The topological polar surface area (TPSA) is 180 Å². The van der Waals surface area contributed by atoms with E-state index in [0.29, 0.717) is 66.8 Å². The van der Waals surface area contributed by atoms with E-state index in [1.54, 1.807) is 0 Å². The Morgan fingerprint density at radius 1 is 0.579 bits per heavy atom. The first kappa shape index (κ1) is 35.2. The maximum Gasteiger partial charge on any atom is 0.246 e. The van der Waals surface area contributed by atoms with Gasteiger partial charge in [0, 0.05) is 65.3 Å². The van der Waals surface area contributed by atoms with E-state index in [-0.39, 0.29) is 57.1 Å². The average molecular weight is 545 g/mol.